The van der Waals surface area contributed by atoms with E-state index in [2.05, 4.69) is 16.3 Å². The zero-order valence-corrected chi connectivity index (χ0v) is 18.1. The molecule has 0 radical (unpaired) electrons. The number of ether oxygens (including phenoxy) is 1. The third-order valence-corrected chi connectivity index (χ3v) is 8.02. The van der Waals surface area contributed by atoms with Gasteiger partial charge in [-0.1, -0.05) is 12.1 Å². The Balaban J connectivity index is 1.20. The lowest BCUT2D eigenvalue weighted by atomic mass is 9.84. The van der Waals surface area contributed by atoms with Crippen molar-refractivity contribution in [1.29, 1.82) is 5.26 Å². The summed E-state index contributed by atoms with van der Waals surface area (Å²) in [6.07, 6.45) is 5.89. The summed E-state index contributed by atoms with van der Waals surface area (Å²) in [5.41, 5.74) is 1.59. The van der Waals surface area contributed by atoms with Crippen LogP contribution in [0.15, 0.2) is 18.2 Å². The van der Waals surface area contributed by atoms with Gasteiger partial charge >= 0.3 is 0 Å². The number of ketones is 1. The van der Waals surface area contributed by atoms with Gasteiger partial charge in [0.2, 0.25) is 0 Å². The van der Waals surface area contributed by atoms with Crippen LogP contribution in [0.3, 0.4) is 0 Å². The van der Waals surface area contributed by atoms with E-state index < -0.39 is 5.92 Å². The zero-order chi connectivity index (χ0) is 21.4. The summed E-state index contributed by atoms with van der Waals surface area (Å²) in [5.74, 6) is 0.178. The maximum atomic E-state index is 15.0. The van der Waals surface area contributed by atoms with Crippen LogP contribution in [0.2, 0.25) is 0 Å². The number of rotatable bonds is 6. The number of Topliss-reactive ketones (excluding diaryl/α,β-unsaturated/α-hetero) is 1. The summed E-state index contributed by atoms with van der Waals surface area (Å²) >= 11 is 0. The molecule has 1 aromatic rings. The monoisotopic (exact) mass is 425 g/mol. The van der Waals surface area contributed by atoms with Gasteiger partial charge in [0.1, 0.15) is 5.82 Å². The standard InChI is InChI=1S/C25H32FN3O2/c26-23-13-17(18-5-6-29-7-8-31-15-22(29)12-18)1-2-19(23)9-16(14-27)10-24(30)25-20-3-4-21(11-20)28-25/h1-2,13,16,18,20-22,25,28H,3-12,15H2/t16-,18+,20+,21-,22-,25+/m1/s1. The molecule has 3 saturated heterocycles. The molecule has 31 heavy (non-hydrogen) atoms. The normalized spacial score (nSPS) is 33.6. The van der Waals surface area contributed by atoms with Gasteiger partial charge in [-0.05, 0) is 74.1 Å². The fraction of sp³-hybridized carbons (Fsp3) is 0.680. The number of carbonyl (C=O) groups excluding carboxylic acids is 1. The van der Waals surface area contributed by atoms with Crippen LogP contribution in [0, 0.1) is 29.0 Å². The fourth-order valence-electron chi connectivity index (χ4n) is 6.27. The van der Waals surface area contributed by atoms with E-state index in [9.17, 15) is 14.4 Å². The molecular formula is C25H32FN3O2. The maximum absolute atomic E-state index is 15.0. The molecule has 0 aromatic heterocycles. The first-order valence-corrected chi connectivity index (χ1v) is 11.9. The molecule has 6 atom stereocenters. The second-order valence-corrected chi connectivity index (χ2v) is 9.95. The second-order valence-electron chi connectivity index (χ2n) is 9.95. The lowest BCUT2D eigenvalue weighted by Gasteiger charge is -2.42. The van der Waals surface area contributed by atoms with E-state index in [-0.39, 0.29) is 24.1 Å². The van der Waals surface area contributed by atoms with Crippen molar-refractivity contribution in [3.8, 4) is 6.07 Å². The number of benzene rings is 1. The van der Waals surface area contributed by atoms with Gasteiger partial charge in [-0.15, -0.1) is 0 Å². The Hall–Kier alpha value is -1.81. The van der Waals surface area contributed by atoms with Crippen molar-refractivity contribution in [2.45, 2.75) is 69.0 Å². The Morgan fingerprint density at radius 2 is 2.19 bits per heavy atom. The predicted molar refractivity (Wildman–Crippen MR) is 115 cm³/mol. The van der Waals surface area contributed by atoms with E-state index in [0.29, 0.717) is 35.9 Å². The molecule has 3 heterocycles. The molecule has 1 aliphatic carbocycles. The Labute approximate surface area is 183 Å². The fourth-order valence-corrected chi connectivity index (χ4v) is 6.27. The highest BCUT2D eigenvalue weighted by Gasteiger charge is 2.42. The molecule has 0 amide bonds. The minimum absolute atomic E-state index is 0.101. The van der Waals surface area contributed by atoms with Gasteiger partial charge in [-0.2, -0.15) is 5.26 Å². The highest BCUT2D eigenvalue weighted by Crippen LogP contribution is 2.37. The molecule has 0 spiro atoms. The first-order chi connectivity index (χ1) is 15.1. The minimum atomic E-state index is -0.476. The van der Waals surface area contributed by atoms with Crippen molar-refractivity contribution in [3.05, 3.63) is 35.1 Å². The summed E-state index contributed by atoms with van der Waals surface area (Å²) < 4.78 is 20.6. The van der Waals surface area contributed by atoms with E-state index in [1.807, 2.05) is 12.1 Å². The highest BCUT2D eigenvalue weighted by molar-refractivity contribution is 5.85. The topological polar surface area (TPSA) is 65.4 Å². The molecule has 2 bridgehead atoms. The first-order valence-electron chi connectivity index (χ1n) is 11.9. The number of nitrogens with zero attached hydrogens (tertiary/aromatic N) is 2. The molecule has 3 aliphatic heterocycles. The Morgan fingerprint density at radius 3 is 2.94 bits per heavy atom. The number of fused-ring (bicyclic) bond motifs is 3. The van der Waals surface area contributed by atoms with Gasteiger partial charge < -0.3 is 10.1 Å². The molecule has 5 rings (SSSR count). The average molecular weight is 426 g/mol. The van der Waals surface area contributed by atoms with Crippen LogP contribution in [0.1, 0.15) is 55.6 Å². The molecular weight excluding hydrogens is 393 g/mol. The van der Waals surface area contributed by atoms with Crippen LogP contribution in [0.5, 0.6) is 0 Å². The number of carbonyl (C=O) groups is 1. The van der Waals surface area contributed by atoms with Crippen molar-refractivity contribution in [2.75, 3.05) is 26.3 Å². The van der Waals surface area contributed by atoms with Crippen LogP contribution in [0.25, 0.3) is 0 Å². The molecule has 4 fully saturated rings. The molecule has 166 valence electrons. The van der Waals surface area contributed by atoms with E-state index in [0.717, 1.165) is 64.0 Å². The van der Waals surface area contributed by atoms with Crippen molar-refractivity contribution in [2.24, 2.45) is 11.8 Å². The molecule has 5 nitrogen and oxygen atoms in total. The third kappa shape index (κ3) is 4.41. The molecule has 6 heteroatoms. The Morgan fingerprint density at radius 1 is 1.29 bits per heavy atom. The lowest BCUT2D eigenvalue weighted by molar-refractivity contribution is -0.122. The number of halogens is 1. The third-order valence-electron chi connectivity index (χ3n) is 8.02. The van der Waals surface area contributed by atoms with E-state index in [4.69, 9.17) is 4.74 Å². The van der Waals surface area contributed by atoms with Gasteiger partial charge in [-0.25, -0.2) is 4.39 Å². The summed E-state index contributed by atoms with van der Waals surface area (Å²) in [5, 5.41) is 13.0. The predicted octanol–water partition coefficient (Wildman–Crippen LogP) is 3.19. The van der Waals surface area contributed by atoms with Gasteiger partial charge in [0.05, 0.1) is 31.2 Å². The molecule has 1 aromatic carbocycles. The van der Waals surface area contributed by atoms with Crippen molar-refractivity contribution in [1.82, 2.24) is 10.2 Å². The first kappa shape index (κ1) is 21.1. The quantitative estimate of drug-likeness (QED) is 0.758. The van der Waals surface area contributed by atoms with Crippen LogP contribution in [-0.2, 0) is 16.0 Å². The van der Waals surface area contributed by atoms with Crippen molar-refractivity contribution < 1.29 is 13.9 Å². The largest absolute Gasteiger partial charge is 0.378 e. The zero-order valence-electron chi connectivity index (χ0n) is 18.1. The smallest absolute Gasteiger partial charge is 0.151 e. The van der Waals surface area contributed by atoms with Gasteiger partial charge in [-0.3, -0.25) is 9.69 Å². The molecule has 1 N–H and O–H groups in total. The van der Waals surface area contributed by atoms with Crippen molar-refractivity contribution >= 4 is 5.78 Å². The Bertz CT molecular complexity index is 869. The van der Waals surface area contributed by atoms with Crippen LogP contribution < -0.4 is 5.32 Å². The number of nitriles is 1. The SMILES string of the molecule is N#C[C@@H](CC(=O)[C@H]1N[C@@H]2CC[C@H]1C2)Cc1ccc([C@H]2CCN3CCOC[C@H]3C2)cc1F. The number of hydrogen-bond donors (Lipinski definition) is 1. The minimum Gasteiger partial charge on any atom is -0.378 e. The number of morpholine rings is 1. The molecule has 0 unspecified atom stereocenters. The lowest BCUT2D eigenvalue weighted by Crippen LogP contribution is -2.49. The molecule has 4 aliphatic rings. The van der Waals surface area contributed by atoms with Gasteiger partial charge in [0, 0.05) is 25.0 Å². The van der Waals surface area contributed by atoms with Crippen LogP contribution in [0.4, 0.5) is 4.39 Å². The van der Waals surface area contributed by atoms with Crippen LogP contribution in [-0.4, -0.2) is 55.1 Å². The maximum Gasteiger partial charge on any atom is 0.151 e. The van der Waals surface area contributed by atoms with Gasteiger partial charge in [0.25, 0.3) is 0 Å². The van der Waals surface area contributed by atoms with Gasteiger partial charge in [0.15, 0.2) is 5.78 Å². The summed E-state index contributed by atoms with van der Waals surface area (Å²) in [6.45, 7) is 3.62. The number of nitrogens with one attached hydrogen (secondary N) is 1. The van der Waals surface area contributed by atoms with E-state index >= 15 is 0 Å². The van der Waals surface area contributed by atoms with Crippen LogP contribution >= 0.6 is 0 Å². The number of hydrogen-bond acceptors (Lipinski definition) is 5. The summed E-state index contributed by atoms with van der Waals surface area (Å²) in [4.78, 5) is 15.2. The summed E-state index contributed by atoms with van der Waals surface area (Å²) in [6, 6.07) is 8.57. The second kappa shape index (κ2) is 8.97. The highest BCUT2D eigenvalue weighted by atomic mass is 19.1. The average Bonchev–Trinajstić information content (AvgIpc) is 3.43. The Kier molecular flexibility index (Phi) is 6.10. The summed E-state index contributed by atoms with van der Waals surface area (Å²) in [7, 11) is 0. The van der Waals surface area contributed by atoms with E-state index in [1.165, 1.54) is 0 Å². The van der Waals surface area contributed by atoms with Crippen molar-refractivity contribution in [3.63, 3.8) is 0 Å². The van der Waals surface area contributed by atoms with E-state index in [1.54, 1.807) is 6.07 Å². The number of piperidine rings is 2. The molecule has 1 saturated carbocycles.